The largest absolute Gasteiger partial charge is 0.493 e. The van der Waals surface area contributed by atoms with Crippen molar-refractivity contribution in [2.45, 2.75) is 38.5 Å². The summed E-state index contributed by atoms with van der Waals surface area (Å²) in [6.45, 7) is 5.92. The molecule has 3 heterocycles. The number of piperidine rings is 1. The van der Waals surface area contributed by atoms with Gasteiger partial charge in [-0.3, -0.25) is 14.4 Å². The van der Waals surface area contributed by atoms with Gasteiger partial charge in [-0.25, -0.2) is 0 Å². The molecule has 3 fully saturated rings. The van der Waals surface area contributed by atoms with E-state index in [1.807, 2.05) is 21.9 Å². The number of carbonyl (C=O) groups excluding carboxylic acids is 3. The van der Waals surface area contributed by atoms with Gasteiger partial charge in [0, 0.05) is 82.1 Å². The van der Waals surface area contributed by atoms with Gasteiger partial charge in [-0.15, -0.1) is 0 Å². The third-order valence-electron chi connectivity index (χ3n) is 7.50. The first-order chi connectivity index (χ1) is 16.8. The summed E-state index contributed by atoms with van der Waals surface area (Å²) in [6.07, 6.45) is 3.77. The fraction of sp³-hybridized carbons (Fsp3) is 0.654. The molecule has 1 aromatic rings. The molecule has 8 nitrogen and oxygen atoms in total. The number of carbonyl (C=O) groups is 3. The molecule has 1 atom stereocenters. The molecular formula is C26H37ClN4O4. The first-order valence-corrected chi connectivity index (χ1v) is 13.1. The molecule has 3 aliphatic heterocycles. The Kier molecular flexibility index (Phi) is 8.55. The van der Waals surface area contributed by atoms with Crippen LogP contribution in [0.15, 0.2) is 24.3 Å². The fourth-order valence-electron chi connectivity index (χ4n) is 5.34. The number of ether oxygens (including phenoxy) is 1. The quantitative estimate of drug-likeness (QED) is 0.544. The standard InChI is InChI=1S/C26H37ClN4O4/c1-28-13-15-30(16-14-28)25(34)18-26(20-35-22-6-2-5-21(27)17-22)9-4-11-31(19-26)24(33)8-12-29-10-3-7-23(29)32/h2,5-6,17H,3-4,7-16,18-20H2,1H3/t26-/m0/s1. The highest BCUT2D eigenvalue weighted by Crippen LogP contribution is 2.36. The molecular weight excluding hydrogens is 468 g/mol. The summed E-state index contributed by atoms with van der Waals surface area (Å²) in [7, 11) is 2.07. The number of piperazine rings is 1. The van der Waals surface area contributed by atoms with E-state index in [1.54, 1.807) is 17.0 Å². The summed E-state index contributed by atoms with van der Waals surface area (Å²) in [5.74, 6) is 0.978. The Morgan fingerprint density at radius 3 is 2.54 bits per heavy atom. The van der Waals surface area contributed by atoms with Crippen molar-refractivity contribution in [1.29, 1.82) is 0 Å². The van der Waals surface area contributed by atoms with Gasteiger partial charge in [-0.1, -0.05) is 17.7 Å². The Labute approximate surface area is 213 Å². The SMILES string of the molecule is CN1CCN(C(=O)C[C@@]2(COc3cccc(Cl)c3)CCCN(C(=O)CCN3CCCC3=O)C2)CC1. The topological polar surface area (TPSA) is 73.4 Å². The van der Waals surface area contributed by atoms with Gasteiger partial charge < -0.3 is 24.3 Å². The molecule has 0 saturated carbocycles. The Hall–Kier alpha value is -2.32. The predicted molar refractivity (Wildman–Crippen MR) is 134 cm³/mol. The third-order valence-corrected chi connectivity index (χ3v) is 7.74. The normalized spacial score (nSPS) is 23.6. The first-order valence-electron chi connectivity index (χ1n) is 12.7. The summed E-state index contributed by atoms with van der Waals surface area (Å²) < 4.78 is 6.16. The summed E-state index contributed by atoms with van der Waals surface area (Å²) in [5.41, 5.74) is -0.458. The lowest BCUT2D eigenvalue weighted by atomic mass is 9.77. The van der Waals surface area contributed by atoms with E-state index in [9.17, 15) is 14.4 Å². The minimum Gasteiger partial charge on any atom is -0.493 e. The van der Waals surface area contributed by atoms with E-state index in [4.69, 9.17) is 16.3 Å². The maximum atomic E-state index is 13.3. The molecule has 35 heavy (non-hydrogen) atoms. The highest BCUT2D eigenvalue weighted by Gasteiger charge is 2.41. The third kappa shape index (κ3) is 6.88. The van der Waals surface area contributed by atoms with Crippen LogP contribution in [0.5, 0.6) is 5.75 Å². The van der Waals surface area contributed by atoms with E-state index in [0.29, 0.717) is 56.3 Å². The van der Waals surface area contributed by atoms with Crippen LogP contribution in [0.1, 0.15) is 38.5 Å². The summed E-state index contributed by atoms with van der Waals surface area (Å²) in [5, 5.41) is 0.599. The second-order valence-electron chi connectivity index (χ2n) is 10.3. The number of amides is 3. The number of hydrogen-bond acceptors (Lipinski definition) is 5. The summed E-state index contributed by atoms with van der Waals surface area (Å²) >= 11 is 6.14. The van der Waals surface area contributed by atoms with Gasteiger partial charge in [-0.05, 0) is 44.5 Å². The van der Waals surface area contributed by atoms with Gasteiger partial charge in [0.05, 0.1) is 6.61 Å². The van der Waals surface area contributed by atoms with Gasteiger partial charge in [0.1, 0.15) is 5.75 Å². The lowest BCUT2D eigenvalue weighted by Gasteiger charge is -2.43. The Morgan fingerprint density at radius 1 is 1.03 bits per heavy atom. The van der Waals surface area contributed by atoms with Crippen molar-refractivity contribution in [3.05, 3.63) is 29.3 Å². The van der Waals surface area contributed by atoms with E-state index >= 15 is 0 Å². The Morgan fingerprint density at radius 2 is 1.83 bits per heavy atom. The molecule has 3 aliphatic rings. The minimum absolute atomic E-state index is 0.0450. The van der Waals surface area contributed by atoms with Gasteiger partial charge in [0.15, 0.2) is 0 Å². The van der Waals surface area contributed by atoms with Crippen LogP contribution in [0.3, 0.4) is 0 Å². The molecule has 1 aromatic carbocycles. The van der Waals surface area contributed by atoms with Crippen molar-refractivity contribution < 1.29 is 19.1 Å². The average Bonchev–Trinajstić information content (AvgIpc) is 3.26. The second kappa shape index (κ2) is 11.6. The van der Waals surface area contributed by atoms with Crippen molar-refractivity contribution in [1.82, 2.24) is 19.6 Å². The zero-order valence-corrected chi connectivity index (χ0v) is 21.5. The summed E-state index contributed by atoms with van der Waals surface area (Å²) in [6, 6.07) is 7.28. The lowest BCUT2D eigenvalue weighted by Crippen LogP contribution is -2.53. The van der Waals surface area contributed by atoms with Crippen LogP contribution in [-0.2, 0) is 14.4 Å². The average molecular weight is 505 g/mol. The molecule has 0 spiro atoms. The Balaban J connectivity index is 1.43. The van der Waals surface area contributed by atoms with Crippen LogP contribution in [-0.4, -0.2) is 103 Å². The van der Waals surface area contributed by atoms with Gasteiger partial charge in [0.2, 0.25) is 17.7 Å². The van der Waals surface area contributed by atoms with E-state index in [1.165, 1.54) is 0 Å². The van der Waals surface area contributed by atoms with Crippen molar-refractivity contribution in [3.8, 4) is 5.75 Å². The second-order valence-corrected chi connectivity index (χ2v) is 10.7. The molecule has 4 rings (SSSR count). The maximum Gasteiger partial charge on any atom is 0.224 e. The van der Waals surface area contributed by atoms with Crippen LogP contribution in [0, 0.1) is 5.41 Å². The van der Waals surface area contributed by atoms with Crippen LogP contribution >= 0.6 is 11.6 Å². The number of benzene rings is 1. The van der Waals surface area contributed by atoms with Crippen molar-refractivity contribution in [2.24, 2.45) is 5.41 Å². The molecule has 0 N–H and O–H groups in total. The maximum absolute atomic E-state index is 13.3. The number of rotatable bonds is 8. The zero-order valence-electron chi connectivity index (χ0n) is 20.7. The van der Waals surface area contributed by atoms with Crippen molar-refractivity contribution in [3.63, 3.8) is 0 Å². The first kappa shape index (κ1) is 25.8. The van der Waals surface area contributed by atoms with Crippen LogP contribution in [0.4, 0.5) is 0 Å². The molecule has 0 unspecified atom stereocenters. The van der Waals surface area contributed by atoms with E-state index < -0.39 is 5.41 Å². The van der Waals surface area contributed by atoms with E-state index in [2.05, 4.69) is 11.9 Å². The monoisotopic (exact) mass is 504 g/mol. The molecule has 9 heteroatoms. The van der Waals surface area contributed by atoms with Crippen molar-refractivity contribution >= 4 is 29.3 Å². The van der Waals surface area contributed by atoms with Crippen molar-refractivity contribution in [2.75, 3.05) is 66.0 Å². The number of nitrogens with zero attached hydrogens (tertiary/aromatic N) is 4. The number of likely N-dealkylation sites (N-methyl/N-ethyl adjacent to an activating group) is 1. The van der Waals surface area contributed by atoms with Gasteiger partial charge >= 0.3 is 0 Å². The summed E-state index contributed by atoms with van der Waals surface area (Å²) in [4.78, 5) is 46.2. The molecule has 0 bridgehead atoms. The number of likely N-dealkylation sites (tertiary alicyclic amines) is 2. The molecule has 0 aromatic heterocycles. The molecule has 3 amide bonds. The van der Waals surface area contributed by atoms with Gasteiger partial charge in [-0.2, -0.15) is 0 Å². The van der Waals surface area contributed by atoms with Crippen LogP contribution in [0.25, 0.3) is 0 Å². The molecule has 3 saturated heterocycles. The minimum atomic E-state index is -0.458. The zero-order chi connectivity index (χ0) is 24.8. The fourth-order valence-corrected chi connectivity index (χ4v) is 5.53. The van der Waals surface area contributed by atoms with Gasteiger partial charge in [0.25, 0.3) is 0 Å². The smallest absolute Gasteiger partial charge is 0.224 e. The molecule has 192 valence electrons. The lowest BCUT2D eigenvalue weighted by molar-refractivity contribution is -0.143. The molecule has 0 radical (unpaired) electrons. The number of halogens is 1. The van der Waals surface area contributed by atoms with E-state index in [-0.39, 0.29) is 17.7 Å². The highest BCUT2D eigenvalue weighted by molar-refractivity contribution is 6.30. The van der Waals surface area contributed by atoms with Crippen LogP contribution in [0.2, 0.25) is 5.02 Å². The Bertz CT molecular complexity index is 920. The number of hydrogen-bond donors (Lipinski definition) is 0. The van der Waals surface area contributed by atoms with E-state index in [0.717, 1.165) is 52.0 Å². The predicted octanol–water partition coefficient (Wildman–Crippen LogP) is 2.50. The highest BCUT2D eigenvalue weighted by atomic mass is 35.5. The van der Waals surface area contributed by atoms with Crippen LogP contribution < -0.4 is 4.74 Å². The molecule has 0 aliphatic carbocycles.